The highest BCUT2D eigenvalue weighted by molar-refractivity contribution is 5.44. The molecule has 1 fully saturated rings. The van der Waals surface area contributed by atoms with Crippen molar-refractivity contribution < 1.29 is 15.3 Å². The molecule has 3 nitrogen and oxygen atoms in total. The van der Waals surface area contributed by atoms with Crippen molar-refractivity contribution in [3.8, 4) is 0 Å². The molecule has 0 unspecified atom stereocenters. The van der Waals surface area contributed by atoms with Crippen molar-refractivity contribution >= 4 is 0 Å². The molecule has 118 valence electrons. The summed E-state index contributed by atoms with van der Waals surface area (Å²) in [5, 5.41) is 30.0. The lowest BCUT2D eigenvalue weighted by Crippen LogP contribution is -2.55. The minimum Gasteiger partial charge on any atom is -0.343 e. The molecular weight excluding hydrogens is 276 g/mol. The molecule has 0 aliphatic heterocycles. The van der Waals surface area contributed by atoms with Gasteiger partial charge in [-0.15, -0.1) is 0 Å². The van der Waals surface area contributed by atoms with Crippen LogP contribution in [0.1, 0.15) is 39.0 Å². The molecule has 0 spiro atoms. The van der Waals surface area contributed by atoms with E-state index in [0.29, 0.717) is 18.8 Å². The quantitative estimate of drug-likeness (QED) is 0.515. The van der Waals surface area contributed by atoms with Gasteiger partial charge in [0.1, 0.15) is 0 Å². The first-order chi connectivity index (χ1) is 10.4. The molecule has 4 rings (SSSR count). The predicted molar refractivity (Wildman–Crippen MR) is 84.4 cm³/mol. The monoisotopic (exact) mass is 300 g/mol. The summed E-state index contributed by atoms with van der Waals surface area (Å²) in [6.07, 6.45) is 17.3. The summed E-state index contributed by atoms with van der Waals surface area (Å²) >= 11 is 0. The van der Waals surface area contributed by atoms with Gasteiger partial charge < -0.3 is 15.3 Å². The number of aliphatic hydroxyl groups is 3. The Morgan fingerprint density at radius 1 is 1.18 bits per heavy atom. The maximum absolute atomic E-state index is 10.0. The number of allylic oxidation sites excluding steroid dienone is 8. The molecule has 4 aliphatic rings. The van der Waals surface area contributed by atoms with E-state index in [1.807, 2.05) is 6.08 Å². The van der Waals surface area contributed by atoms with Gasteiger partial charge in [-0.25, -0.2) is 0 Å². The SMILES string of the molecule is C[C@]12C=CCCC1=CC=C1[C@@H]3C=CC[C@@]3(C(O)(O)O)CC[C@@H]12. The first-order valence-electron chi connectivity index (χ1n) is 8.31. The lowest BCUT2D eigenvalue weighted by atomic mass is 9.52. The maximum atomic E-state index is 10.0. The lowest BCUT2D eigenvalue weighted by molar-refractivity contribution is -0.383. The largest absolute Gasteiger partial charge is 0.343 e. The molecule has 0 saturated heterocycles. The Hall–Kier alpha value is -1.16. The summed E-state index contributed by atoms with van der Waals surface area (Å²) in [6, 6.07) is 0. The van der Waals surface area contributed by atoms with Crippen LogP contribution in [0.3, 0.4) is 0 Å². The normalized spacial score (nSPS) is 43.1. The van der Waals surface area contributed by atoms with Crippen molar-refractivity contribution in [1.82, 2.24) is 0 Å². The van der Waals surface area contributed by atoms with E-state index in [4.69, 9.17) is 0 Å². The molecule has 4 atom stereocenters. The summed E-state index contributed by atoms with van der Waals surface area (Å²) in [4.78, 5) is 0. The zero-order chi connectivity index (χ0) is 15.6. The van der Waals surface area contributed by atoms with Gasteiger partial charge in [-0.2, -0.15) is 0 Å². The van der Waals surface area contributed by atoms with Crippen LogP contribution < -0.4 is 0 Å². The second-order valence-electron chi connectivity index (χ2n) is 7.58. The van der Waals surface area contributed by atoms with E-state index in [2.05, 4.69) is 37.3 Å². The van der Waals surface area contributed by atoms with Crippen molar-refractivity contribution in [2.45, 2.75) is 45.0 Å². The van der Waals surface area contributed by atoms with Gasteiger partial charge in [-0.1, -0.05) is 54.5 Å². The summed E-state index contributed by atoms with van der Waals surface area (Å²) in [5.74, 6) is -2.32. The minimum absolute atomic E-state index is 0.0496. The lowest BCUT2D eigenvalue weighted by Gasteiger charge is -2.54. The van der Waals surface area contributed by atoms with Crippen LogP contribution in [-0.4, -0.2) is 21.3 Å². The Morgan fingerprint density at radius 3 is 2.77 bits per heavy atom. The summed E-state index contributed by atoms with van der Waals surface area (Å²) in [5.41, 5.74) is 1.91. The molecule has 0 heterocycles. The molecule has 22 heavy (non-hydrogen) atoms. The average molecular weight is 300 g/mol. The first kappa shape index (κ1) is 14.4. The van der Waals surface area contributed by atoms with Crippen LogP contribution in [0.15, 0.2) is 47.6 Å². The van der Waals surface area contributed by atoms with Gasteiger partial charge in [-0.3, -0.25) is 0 Å². The van der Waals surface area contributed by atoms with Gasteiger partial charge in [-0.05, 0) is 38.0 Å². The van der Waals surface area contributed by atoms with E-state index >= 15 is 0 Å². The average Bonchev–Trinajstić information content (AvgIpc) is 2.91. The molecule has 0 bridgehead atoms. The van der Waals surface area contributed by atoms with Crippen molar-refractivity contribution in [2.24, 2.45) is 22.7 Å². The summed E-state index contributed by atoms with van der Waals surface area (Å²) in [7, 11) is 0. The number of fused-ring (bicyclic) bond motifs is 5. The van der Waals surface area contributed by atoms with E-state index in [-0.39, 0.29) is 11.3 Å². The van der Waals surface area contributed by atoms with E-state index < -0.39 is 11.4 Å². The Labute approximate surface area is 131 Å². The zero-order valence-electron chi connectivity index (χ0n) is 13.0. The molecule has 0 amide bonds. The molecule has 0 aromatic rings. The third-order valence-electron chi connectivity index (χ3n) is 6.65. The molecule has 3 heteroatoms. The number of rotatable bonds is 1. The smallest absolute Gasteiger partial charge is 0.282 e. The fraction of sp³-hybridized carbons (Fsp3) is 0.579. The fourth-order valence-corrected chi connectivity index (χ4v) is 5.32. The zero-order valence-corrected chi connectivity index (χ0v) is 13.0. The molecule has 0 radical (unpaired) electrons. The first-order valence-corrected chi connectivity index (χ1v) is 8.31. The Bertz CT molecular complexity index is 619. The standard InChI is InChI=1S/C19H24O3/c1-17-10-3-2-5-13(17)7-8-14-15(17)9-12-18(19(20,21)22)11-4-6-16(14)18/h3-4,6-8,10,15-16,20-22H,2,5,9,11-12H2,1H3/t15-,16-,17-,18+/m0/s1. The highest BCUT2D eigenvalue weighted by Crippen LogP contribution is 2.62. The van der Waals surface area contributed by atoms with Crippen LogP contribution in [0.25, 0.3) is 0 Å². The Balaban J connectivity index is 1.81. The van der Waals surface area contributed by atoms with Gasteiger partial charge in [0.25, 0.3) is 5.97 Å². The van der Waals surface area contributed by atoms with Crippen LogP contribution in [0.5, 0.6) is 0 Å². The van der Waals surface area contributed by atoms with Crippen LogP contribution in [0.2, 0.25) is 0 Å². The molecule has 0 aromatic carbocycles. The van der Waals surface area contributed by atoms with Crippen LogP contribution in [-0.2, 0) is 0 Å². The second-order valence-corrected chi connectivity index (χ2v) is 7.58. The van der Waals surface area contributed by atoms with Crippen LogP contribution in [0.4, 0.5) is 0 Å². The van der Waals surface area contributed by atoms with E-state index in [9.17, 15) is 15.3 Å². The van der Waals surface area contributed by atoms with Crippen molar-refractivity contribution in [3.63, 3.8) is 0 Å². The highest BCUT2D eigenvalue weighted by atomic mass is 16.7. The van der Waals surface area contributed by atoms with Gasteiger partial charge >= 0.3 is 0 Å². The topological polar surface area (TPSA) is 60.7 Å². The van der Waals surface area contributed by atoms with Crippen molar-refractivity contribution in [3.05, 3.63) is 47.6 Å². The van der Waals surface area contributed by atoms with Gasteiger partial charge in [0.05, 0.1) is 5.41 Å². The van der Waals surface area contributed by atoms with Gasteiger partial charge in [0.2, 0.25) is 0 Å². The summed E-state index contributed by atoms with van der Waals surface area (Å²) in [6.45, 7) is 2.31. The van der Waals surface area contributed by atoms with E-state index in [1.54, 1.807) is 0 Å². The number of hydrogen-bond acceptors (Lipinski definition) is 3. The van der Waals surface area contributed by atoms with Crippen molar-refractivity contribution in [1.29, 1.82) is 0 Å². The minimum atomic E-state index is -2.62. The Morgan fingerprint density at radius 2 is 2.00 bits per heavy atom. The molecule has 3 N–H and O–H groups in total. The molecular formula is C19H24O3. The third-order valence-corrected chi connectivity index (χ3v) is 6.65. The third kappa shape index (κ3) is 1.67. The maximum Gasteiger partial charge on any atom is 0.282 e. The molecule has 1 saturated carbocycles. The van der Waals surface area contributed by atoms with Gasteiger partial charge in [0.15, 0.2) is 0 Å². The van der Waals surface area contributed by atoms with E-state index in [1.165, 1.54) is 11.1 Å². The molecule has 4 aliphatic carbocycles. The van der Waals surface area contributed by atoms with Crippen LogP contribution >= 0.6 is 0 Å². The predicted octanol–water partition coefficient (Wildman–Crippen LogP) is 2.81. The Kier molecular flexibility index (Phi) is 2.91. The highest BCUT2D eigenvalue weighted by Gasteiger charge is 2.60. The molecule has 0 aromatic heterocycles. The van der Waals surface area contributed by atoms with E-state index in [0.717, 1.165) is 19.3 Å². The van der Waals surface area contributed by atoms with Crippen LogP contribution in [0, 0.1) is 22.7 Å². The number of hydrogen-bond donors (Lipinski definition) is 3. The summed E-state index contributed by atoms with van der Waals surface area (Å²) < 4.78 is 0. The second kappa shape index (κ2) is 4.44. The van der Waals surface area contributed by atoms with Gasteiger partial charge in [0, 0.05) is 11.3 Å². The van der Waals surface area contributed by atoms with Crippen molar-refractivity contribution in [2.75, 3.05) is 0 Å². The fourth-order valence-electron chi connectivity index (χ4n) is 5.32.